The summed E-state index contributed by atoms with van der Waals surface area (Å²) >= 11 is 0. The SMILES string of the molecule is Oc1cc(-c2ccc3c(N4CC5CCNC5C4)nc(OC[C@@]45CCCN4C[C@H](F)C5)nc3c2F)c2c(F)c(F)ccc2c1. The van der Waals surface area contributed by atoms with Crippen molar-refractivity contribution in [3.63, 3.8) is 0 Å². The van der Waals surface area contributed by atoms with Crippen molar-refractivity contribution in [1.29, 1.82) is 0 Å². The largest absolute Gasteiger partial charge is 0.508 e. The van der Waals surface area contributed by atoms with Gasteiger partial charge in [-0.05, 0) is 73.5 Å². The molecule has 4 fully saturated rings. The molecular formula is C32H31F4N5O2. The lowest BCUT2D eigenvalue weighted by Crippen LogP contribution is -2.43. The van der Waals surface area contributed by atoms with Crippen LogP contribution in [0.25, 0.3) is 32.8 Å². The second kappa shape index (κ2) is 9.92. The highest BCUT2D eigenvalue weighted by atomic mass is 19.2. The fourth-order valence-corrected chi connectivity index (χ4v) is 7.90. The molecule has 4 saturated heterocycles. The number of hydrogen-bond acceptors (Lipinski definition) is 7. The summed E-state index contributed by atoms with van der Waals surface area (Å²) in [5.74, 6) is -2.18. The molecule has 2 N–H and O–H groups in total. The van der Waals surface area contributed by atoms with E-state index in [-0.39, 0.29) is 45.8 Å². The fraction of sp³-hybridized carbons (Fsp3) is 0.438. The predicted molar refractivity (Wildman–Crippen MR) is 155 cm³/mol. The highest BCUT2D eigenvalue weighted by molar-refractivity contribution is 6.01. The molecule has 0 amide bonds. The molecule has 224 valence electrons. The van der Waals surface area contributed by atoms with Gasteiger partial charge in [-0.2, -0.15) is 9.97 Å². The van der Waals surface area contributed by atoms with E-state index in [1.165, 1.54) is 24.3 Å². The lowest BCUT2D eigenvalue weighted by Gasteiger charge is -2.31. The highest BCUT2D eigenvalue weighted by Gasteiger charge is 2.49. The van der Waals surface area contributed by atoms with E-state index in [9.17, 15) is 13.9 Å². The number of nitrogens with one attached hydrogen (secondary N) is 1. The smallest absolute Gasteiger partial charge is 0.319 e. The first-order valence-corrected chi connectivity index (χ1v) is 14.9. The standard InChI is InChI=1S/C32H31F4N5O2/c33-19-12-32(7-1-9-41(32)14-19)16-43-31-38-29-22(30(39-31)40-13-18-6-8-37-25(18)15-40)4-3-21(27(29)35)23-11-20(42)10-17-2-5-24(34)28(36)26(17)23/h2-5,10-11,18-19,25,37,42H,1,6-9,12-16H2/t18?,19-,25?,32+/m1/s1. The number of aromatic hydroxyl groups is 1. The number of aromatic nitrogens is 2. The molecule has 8 rings (SSSR count). The molecule has 0 spiro atoms. The molecule has 3 aromatic carbocycles. The maximum Gasteiger partial charge on any atom is 0.319 e. The van der Waals surface area contributed by atoms with Gasteiger partial charge in [0.25, 0.3) is 0 Å². The van der Waals surface area contributed by atoms with Crippen molar-refractivity contribution in [2.45, 2.75) is 43.4 Å². The minimum Gasteiger partial charge on any atom is -0.508 e. The number of anilines is 1. The Kier molecular flexibility index (Phi) is 6.20. The van der Waals surface area contributed by atoms with E-state index < -0.39 is 29.2 Å². The second-order valence-electron chi connectivity index (χ2n) is 12.5. The number of benzene rings is 3. The zero-order chi connectivity index (χ0) is 29.5. The summed E-state index contributed by atoms with van der Waals surface area (Å²) < 4.78 is 66.6. The summed E-state index contributed by atoms with van der Waals surface area (Å²) in [6.07, 6.45) is 2.26. The third-order valence-electron chi connectivity index (χ3n) is 9.94. The highest BCUT2D eigenvalue weighted by Crippen LogP contribution is 2.42. The number of ether oxygens (including phenoxy) is 1. The van der Waals surface area contributed by atoms with Crippen molar-refractivity contribution in [3.8, 4) is 22.9 Å². The number of halogens is 4. The van der Waals surface area contributed by atoms with Crippen molar-refractivity contribution in [2.24, 2.45) is 5.92 Å². The van der Waals surface area contributed by atoms with Gasteiger partial charge in [-0.25, -0.2) is 17.6 Å². The lowest BCUT2D eigenvalue weighted by atomic mass is 9.95. The molecule has 0 saturated carbocycles. The summed E-state index contributed by atoms with van der Waals surface area (Å²) in [6, 6.07) is 8.33. The molecule has 1 aromatic heterocycles. The van der Waals surface area contributed by atoms with E-state index in [2.05, 4.69) is 20.1 Å². The van der Waals surface area contributed by atoms with Crippen LogP contribution in [0.2, 0.25) is 0 Å². The van der Waals surface area contributed by atoms with Gasteiger partial charge in [0, 0.05) is 48.4 Å². The first-order chi connectivity index (χ1) is 20.8. The fourth-order valence-electron chi connectivity index (χ4n) is 7.90. The van der Waals surface area contributed by atoms with Crippen LogP contribution in [-0.4, -0.2) is 77.1 Å². The van der Waals surface area contributed by atoms with E-state index in [1.54, 1.807) is 6.07 Å². The van der Waals surface area contributed by atoms with Crippen molar-refractivity contribution in [1.82, 2.24) is 20.2 Å². The van der Waals surface area contributed by atoms with Crippen LogP contribution in [0.5, 0.6) is 11.8 Å². The Morgan fingerprint density at radius 1 is 1.02 bits per heavy atom. The maximum absolute atomic E-state index is 16.6. The van der Waals surface area contributed by atoms with Crippen LogP contribution in [0.1, 0.15) is 25.7 Å². The van der Waals surface area contributed by atoms with Crippen LogP contribution < -0.4 is 15.0 Å². The summed E-state index contributed by atoms with van der Waals surface area (Å²) in [6.45, 7) is 3.78. The third-order valence-corrected chi connectivity index (χ3v) is 9.94. The Morgan fingerprint density at radius 3 is 2.77 bits per heavy atom. The topological polar surface area (TPSA) is 73.8 Å². The molecule has 7 nitrogen and oxygen atoms in total. The Balaban J connectivity index is 1.26. The third kappa shape index (κ3) is 4.30. The Labute approximate surface area is 245 Å². The molecular weight excluding hydrogens is 562 g/mol. The molecule has 0 bridgehead atoms. The number of phenolic OH excluding ortho intramolecular Hbond substituents is 1. The molecule has 0 radical (unpaired) electrons. The minimum atomic E-state index is -1.13. The van der Waals surface area contributed by atoms with E-state index in [0.717, 1.165) is 45.0 Å². The van der Waals surface area contributed by atoms with Crippen LogP contribution in [-0.2, 0) is 0 Å². The van der Waals surface area contributed by atoms with Crippen molar-refractivity contribution < 1.29 is 27.4 Å². The second-order valence-corrected chi connectivity index (χ2v) is 12.5. The quantitative estimate of drug-likeness (QED) is 0.303. The molecule has 4 aliphatic rings. The first kappa shape index (κ1) is 26.9. The minimum absolute atomic E-state index is 0.00867. The zero-order valence-electron chi connectivity index (χ0n) is 23.4. The number of phenols is 1. The van der Waals surface area contributed by atoms with E-state index in [1.807, 2.05) is 0 Å². The van der Waals surface area contributed by atoms with Gasteiger partial charge in [0.1, 0.15) is 29.9 Å². The van der Waals surface area contributed by atoms with Gasteiger partial charge in [-0.3, -0.25) is 4.90 Å². The van der Waals surface area contributed by atoms with E-state index >= 15 is 8.78 Å². The van der Waals surface area contributed by atoms with Gasteiger partial charge in [-0.1, -0.05) is 12.1 Å². The van der Waals surface area contributed by atoms with E-state index in [4.69, 9.17) is 9.72 Å². The molecule has 43 heavy (non-hydrogen) atoms. The number of nitrogens with zero attached hydrogens (tertiary/aromatic N) is 4. The zero-order valence-corrected chi connectivity index (χ0v) is 23.4. The lowest BCUT2D eigenvalue weighted by molar-refractivity contribution is 0.107. The summed E-state index contributed by atoms with van der Waals surface area (Å²) in [5, 5.41) is 14.5. The van der Waals surface area contributed by atoms with Gasteiger partial charge in [0.2, 0.25) is 0 Å². The molecule has 2 unspecified atom stereocenters. The molecule has 11 heteroatoms. The molecule has 4 aliphatic heterocycles. The summed E-state index contributed by atoms with van der Waals surface area (Å²) in [7, 11) is 0. The summed E-state index contributed by atoms with van der Waals surface area (Å²) in [5.41, 5.74) is -0.486. The maximum atomic E-state index is 16.6. The van der Waals surface area contributed by atoms with Crippen molar-refractivity contribution in [2.75, 3.05) is 44.2 Å². The van der Waals surface area contributed by atoms with Gasteiger partial charge < -0.3 is 20.1 Å². The monoisotopic (exact) mass is 593 g/mol. The predicted octanol–water partition coefficient (Wildman–Crippen LogP) is 5.33. The Hall–Kier alpha value is -3.70. The summed E-state index contributed by atoms with van der Waals surface area (Å²) in [4.78, 5) is 13.5. The number of rotatable bonds is 5. The number of hydrogen-bond donors (Lipinski definition) is 2. The Bertz CT molecular complexity index is 1760. The average Bonchev–Trinajstić information content (AvgIpc) is 3.74. The van der Waals surface area contributed by atoms with E-state index in [0.29, 0.717) is 42.7 Å². The van der Waals surface area contributed by atoms with Gasteiger partial charge in [-0.15, -0.1) is 0 Å². The molecule has 4 atom stereocenters. The van der Waals surface area contributed by atoms with Crippen molar-refractivity contribution >= 4 is 27.5 Å². The van der Waals surface area contributed by atoms with Gasteiger partial charge in [0.15, 0.2) is 17.5 Å². The average molecular weight is 594 g/mol. The first-order valence-electron chi connectivity index (χ1n) is 14.9. The Morgan fingerprint density at radius 2 is 1.91 bits per heavy atom. The number of alkyl halides is 1. The molecule has 4 aromatic rings. The molecule has 0 aliphatic carbocycles. The molecule has 5 heterocycles. The van der Waals surface area contributed by atoms with Crippen LogP contribution in [0, 0.1) is 23.4 Å². The normalized spacial score (nSPS) is 27.0. The van der Waals surface area contributed by atoms with Gasteiger partial charge >= 0.3 is 6.01 Å². The van der Waals surface area contributed by atoms with Crippen LogP contribution >= 0.6 is 0 Å². The van der Waals surface area contributed by atoms with Crippen LogP contribution in [0.15, 0.2) is 36.4 Å². The number of fused-ring (bicyclic) bond motifs is 4. The van der Waals surface area contributed by atoms with Crippen LogP contribution in [0.4, 0.5) is 23.4 Å². The van der Waals surface area contributed by atoms with Crippen LogP contribution in [0.3, 0.4) is 0 Å². The van der Waals surface area contributed by atoms with Crippen molar-refractivity contribution in [3.05, 3.63) is 53.8 Å². The van der Waals surface area contributed by atoms with Gasteiger partial charge in [0.05, 0.1) is 5.54 Å².